The van der Waals surface area contributed by atoms with Crippen molar-refractivity contribution in [3.8, 4) is 5.75 Å². The predicted octanol–water partition coefficient (Wildman–Crippen LogP) is 1.24. The highest BCUT2D eigenvalue weighted by atomic mass is 16.5. The Morgan fingerprint density at radius 1 is 1.26 bits per heavy atom. The van der Waals surface area contributed by atoms with Crippen molar-refractivity contribution in [2.45, 2.75) is 45.7 Å². The summed E-state index contributed by atoms with van der Waals surface area (Å²) in [6.45, 7) is 6.74. The molecule has 3 heteroatoms. The molecule has 0 aliphatic carbocycles. The first-order valence-electron chi connectivity index (χ1n) is 7.25. The van der Waals surface area contributed by atoms with E-state index in [0.29, 0.717) is 12.6 Å². The minimum absolute atomic E-state index is 0.309. The first-order chi connectivity index (χ1) is 9.15. The lowest BCUT2D eigenvalue weighted by molar-refractivity contribution is -0.944. The molecular formula is C16H26NO2+. The van der Waals surface area contributed by atoms with Crippen molar-refractivity contribution in [1.29, 1.82) is 0 Å². The number of aryl methyl sites for hydroxylation is 2. The van der Waals surface area contributed by atoms with E-state index in [4.69, 9.17) is 4.74 Å². The van der Waals surface area contributed by atoms with E-state index >= 15 is 0 Å². The number of quaternary nitrogens is 1. The van der Waals surface area contributed by atoms with E-state index in [-0.39, 0.29) is 0 Å². The molecule has 0 radical (unpaired) electrons. The van der Waals surface area contributed by atoms with Gasteiger partial charge in [-0.05, 0) is 49.9 Å². The third-order valence-electron chi connectivity index (χ3n) is 4.37. The Balaban J connectivity index is 2.16. The molecule has 1 aliphatic rings. The quantitative estimate of drug-likeness (QED) is 0.858. The number of aliphatic hydroxyl groups is 1. The van der Waals surface area contributed by atoms with Crippen molar-refractivity contribution in [1.82, 2.24) is 0 Å². The second kappa shape index (κ2) is 6.40. The van der Waals surface area contributed by atoms with Crippen molar-refractivity contribution in [3.63, 3.8) is 0 Å². The molecule has 0 amide bonds. The number of hydrogen-bond acceptors (Lipinski definition) is 2. The van der Waals surface area contributed by atoms with Crippen LogP contribution in [-0.4, -0.2) is 31.4 Å². The van der Waals surface area contributed by atoms with Crippen LogP contribution < -0.4 is 9.64 Å². The van der Waals surface area contributed by atoms with E-state index in [1.807, 2.05) is 0 Å². The zero-order valence-corrected chi connectivity index (χ0v) is 12.3. The number of aliphatic hydroxyl groups excluding tert-OH is 1. The first-order valence-corrected chi connectivity index (χ1v) is 7.25. The average Bonchev–Trinajstić information content (AvgIpc) is 2.43. The van der Waals surface area contributed by atoms with Gasteiger partial charge in [0.1, 0.15) is 18.3 Å². The zero-order valence-electron chi connectivity index (χ0n) is 12.3. The van der Waals surface area contributed by atoms with E-state index in [1.54, 1.807) is 7.11 Å². The molecule has 1 aromatic carbocycles. The molecule has 1 aliphatic heterocycles. The van der Waals surface area contributed by atoms with Gasteiger partial charge >= 0.3 is 0 Å². The monoisotopic (exact) mass is 264 g/mol. The van der Waals surface area contributed by atoms with Crippen LogP contribution in [0.4, 0.5) is 0 Å². The molecule has 2 rings (SSSR count). The number of benzene rings is 1. The van der Waals surface area contributed by atoms with E-state index in [1.165, 1.54) is 41.0 Å². The third-order valence-corrected chi connectivity index (χ3v) is 4.37. The molecular weight excluding hydrogens is 238 g/mol. The van der Waals surface area contributed by atoms with Crippen LogP contribution in [0.25, 0.3) is 0 Å². The molecule has 1 fully saturated rings. The van der Waals surface area contributed by atoms with Gasteiger partial charge in [0.2, 0.25) is 0 Å². The Hall–Kier alpha value is -1.06. The predicted molar refractivity (Wildman–Crippen MR) is 76.7 cm³/mol. The van der Waals surface area contributed by atoms with Gasteiger partial charge in [-0.3, -0.25) is 0 Å². The molecule has 1 heterocycles. The van der Waals surface area contributed by atoms with Crippen molar-refractivity contribution >= 4 is 0 Å². The van der Waals surface area contributed by atoms with Crippen LogP contribution in [-0.2, 0) is 6.54 Å². The summed E-state index contributed by atoms with van der Waals surface area (Å²) < 4.78 is 5.37. The van der Waals surface area contributed by atoms with Crippen LogP contribution in [0.3, 0.4) is 0 Å². The topological polar surface area (TPSA) is 33.9 Å². The number of piperidine rings is 1. The van der Waals surface area contributed by atoms with Gasteiger partial charge in [0.25, 0.3) is 0 Å². The standard InChI is InChI=1S/C16H25NO2/c1-12-9-16(19-3)13(2)8-14(12)10-17-7-5-4-6-15(17)11-18/h8-9,15,18H,4-7,10-11H2,1-3H3/p+1/t15-/m1/s1. The number of likely N-dealkylation sites (tertiary alicyclic amines) is 1. The molecule has 1 aromatic rings. The van der Waals surface area contributed by atoms with E-state index in [0.717, 1.165) is 18.7 Å². The van der Waals surface area contributed by atoms with Crippen molar-refractivity contribution < 1.29 is 14.7 Å². The maximum atomic E-state index is 9.50. The van der Waals surface area contributed by atoms with Crippen LogP contribution >= 0.6 is 0 Å². The normalized spacial score (nSPS) is 23.4. The maximum absolute atomic E-state index is 9.50. The fourth-order valence-corrected chi connectivity index (χ4v) is 3.11. The Labute approximate surface area is 116 Å². The van der Waals surface area contributed by atoms with Gasteiger partial charge in [-0.25, -0.2) is 0 Å². The largest absolute Gasteiger partial charge is 0.496 e. The van der Waals surface area contributed by atoms with Gasteiger partial charge in [-0.1, -0.05) is 0 Å². The summed E-state index contributed by atoms with van der Waals surface area (Å²) in [5.41, 5.74) is 3.87. The molecule has 3 nitrogen and oxygen atoms in total. The highest BCUT2D eigenvalue weighted by Gasteiger charge is 2.25. The second-order valence-corrected chi connectivity index (χ2v) is 5.71. The van der Waals surface area contributed by atoms with Gasteiger partial charge in [-0.15, -0.1) is 0 Å². The van der Waals surface area contributed by atoms with Crippen LogP contribution in [0.5, 0.6) is 5.75 Å². The van der Waals surface area contributed by atoms with Crippen LogP contribution in [0.15, 0.2) is 12.1 Å². The smallest absolute Gasteiger partial charge is 0.122 e. The molecule has 19 heavy (non-hydrogen) atoms. The van der Waals surface area contributed by atoms with Gasteiger partial charge in [0.05, 0.1) is 20.3 Å². The average molecular weight is 264 g/mol. The zero-order chi connectivity index (χ0) is 13.8. The molecule has 106 valence electrons. The fourth-order valence-electron chi connectivity index (χ4n) is 3.11. The van der Waals surface area contributed by atoms with Crippen molar-refractivity contribution in [3.05, 3.63) is 28.8 Å². The molecule has 0 saturated carbocycles. The van der Waals surface area contributed by atoms with E-state index < -0.39 is 0 Å². The molecule has 0 spiro atoms. The summed E-state index contributed by atoms with van der Waals surface area (Å²) in [6, 6.07) is 4.78. The lowest BCUT2D eigenvalue weighted by Crippen LogP contribution is -3.16. The molecule has 2 atom stereocenters. The first kappa shape index (κ1) is 14.4. The van der Waals surface area contributed by atoms with E-state index in [2.05, 4.69) is 26.0 Å². The summed E-state index contributed by atoms with van der Waals surface area (Å²) in [6.07, 6.45) is 3.69. The molecule has 0 aromatic heterocycles. The minimum atomic E-state index is 0.309. The fraction of sp³-hybridized carbons (Fsp3) is 0.625. The van der Waals surface area contributed by atoms with Gasteiger partial charge in [-0.2, -0.15) is 0 Å². The summed E-state index contributed by atoms with van der Waals surface area (Å²) in [5.74, 6) is 0.966. The summed E-state index contributed by atoms with van der Waals surface area (Å²) in [4.78, 5) is 1.53. The number of ether oxygens (including phenoxy) is 1. The lowest BCUT2D eigenvalue weighted by atomic mass is 9.99. The molecule has 0 bridgehead atoms. The number of hydrogen-bond donors (Lipinski definition) is 2. The number of methoxy groups -OCH3 is 1. The molecule has 1 saturated heterocycles. The third kappa shape index (κ3) is 3.28. The molecule has 1 unspecified atom stereocenters. The van der Waals surface area contributed by atoms with Gasteiger partial charge < -0.3 is 14.7 Å². The minimum Gasteiger partial charge on any atom is -0.496 e. The maximum Gasteiger partial charge on any atom is 0.122 e. The number of nitrogens with one attached hydrogen (secondary N) is 1. The van der Waals surface area contributed by atoms with Crippen LogP contribution in [0, 0.1) is 13.8 Å². The van der Waals surface area contributed by atoms with Crippen LogP contribution in [0.1, 0.15) is 36.0 Å². The summed E-state index contributed by atoms with van der Waals surface area (Å²) in [5, 5.41) is 9.50. The Kier molecular flexibility index (Phi) is 4.83. The summed E-state index contributed by atoms with van der Waals surface area (Å²) in [7, 11) is 1.72. The van der Waals surface area contributed by atoms with Gasteiger partial charge in [0.15, 0.2) is 0 Å². The van der Waals surface area contributed by atoms with Crippen LogP contribution in [0.2, 0.25) is 0 Å². The highest BCUT2D eigenvalue weighted by Crippen LogP contribution is 2.22. The lowest BCUT2D eigenvalue weighted by Gasteiger charge is -2.32. The van der Waals surface area contributed by atoms with E-state index in [9.17, 15) is 5.11 Å². The Bertz CT molecular complexity index is 431. The highest BCUT2D eigenvalue weighted by molar-refractivity contribution is 5.41. The Morgan fingerprint density at radius 2 is 2.05 bits per heavy atom. The second-order valence-electron chi connectivity index (χ2n) is 5.71. The summed E-state index contributed by atoms with van der Waals surface area (Å²) >= 11 is 0. The SMILES string of the molecule is COc1cc(C)c(C[NH+]2CCCC[C@@H]2CO)cc1C. The van der Waals surface area contributed by atoms with Gasteiger partial charge in [0, 0.05) is 12.0 Å². The van der Waals surface area contributed by atoms with Crippen molar-refractivity contribution in [2.75, 3.05) is 20.3 Å². The number of rotatable bonds is 4. The van der Waals surface area contributed by atoms with Crippen molar-refractivity contribution in [2.24, 2.45) is 0 Å². The molecule has 2 N–H and O–H groups in total. The Morgan fingerprint density at radius 3 is 2.74 bits per heavy atom.